The summed E-state index contributed by atoms with van der Waals surface area (Å²) in [5, 5.41) is 0. The maximum atomic E-state index is 2.54. The monoisotopic (exact) mass is 281 g/mol. The van der Waals surface area contributed by atoms with E-state index in [0.29, 0.717) is 0 Å². The third-order valence-corrected chi connectivity index (χ3v) is 4.46. The van der Waals surface area contributed by atoms with Crippen LogP contribution in [0.3, 0.4) is 0 Å². The Balaban J connectivity index is 1.59. The van der Waals surface area contributed by atoms with Gasteiger partial charge in [0.15, 0.2) is 0 Å². The van der Waals surface area contributed by atoms with Crippen LogP contribution in [0.1, 0.15) is 16.7 Å². The van der Waals surface area contributed by atoms with Crippen LogP contribution in [0.4, 0.5) is 5.69 Å². The lowest BCUT2D eigenvalue weighted by Crippen LogP contribution is -3.13. The molecule has 1 heterocycles. The fraction of sp³-hybridized carbons (Fsp3) is 0.368. The molecule has 0 saturated carbocycles. The van der Waals surface area contributed by atoms with Crippen molar-refractivity contribution in [3.05, 3.63) is 65.2 Å². The van der Waals surface area contributed by atoms with E-state index in [2.05, 4.69) is 67.3 Å². The average molecular weight is 281 g/mol. The lowest BCUT2D eigenvalue weighted by molar-refractivity contribution is -0.914. The molecule has 3 rings (SSSR count). The van der Waals surface area contributed by atoms with Gasteiger partial charge in [-0.05, 0) is 25.5 Å². The first-order valence-corrected chi connectivity index (χ1v) is 7.92. The summed E-state index contributed by atoms with van der Waals surface area (Å²) < 4.78 is 0. The fourth-order valence-corrected chi connectivity index (χ4v) is 3.27. The summed E-state index contributed by atoms with van der Waals surface area (Å²) in [6.45, 7) is 10.3. The van der Waals surface area contributed by atoms with E-state index in [-0.39, 0.29) is 0 Å². The van der Waals surface area contributed by atoms with Crippen molar-refractivity contribution in [3.8, 4) is 0 Å². The molecule has 1 aliphatic heterocycles. The predicted molar refractivity (Wildman–Crippen MR) is 89.0 cm³/mol. The van der Waals surface area contributed by atoms with E-state index in [1.54, 1.807) is 4.90 Å². The molecular formula is C19H25N2+. The zero-order chi connectivity index (χ0) is 14.7. The number of piperazine rings is 1. The second-order valence-corrected chi connectivity index (χ2v) is 6.19. The van der Waals surface area contributed by atoms with Crippen LogP contribution in [-0.4, -0.2) is 26.2 Å². The van der Waals surface area contributed by atoms with Crippen LogP contribution in [0.5, 0.6) is 0 Å². The number of quaternary nitrogens is 1. The van der Waals surface area contributed by atoms with Crippen molar-refractivity contribution in [2.75, 3.05) is 31.1 Å². The van der Waals surface area contributed by atoms with E-state index in [4.69, 9.17) is 0 Å². The number of nitrogens with zero attached hydrogens (tertiary/aromatic N) is 1. The van der Waals surface area contributed by atoms with Gasteiger partial charge < -0.3 is 9.80 Å². The molecule has 2 aromatic carbocycles. The topological polar surface area (TPSA) is 7.68 Å². The van der Waals surface area contributed by atoms with Crippen molar-refractivity contribution in [3.63, 3.8) is 0 Å². The Labute approximate surface area is 128 Å². The first-order valence-electron chi connectivity index (χ1n) is 7.92. The van der Waals surface area contributed by atoms with Crippen LogP contribution in [-0.2, 0) is 6.54 Å². The summed E-state index contributed by atoms with van der Waals surface area (Å²) in [6, 6.07) is 17.7. The molecule has 1 fully saturated rings. The van der Waals surface area contributed by atoms with E-state index in [1.807, 2.05) is 0 Å². The molecule has 2 heteroatoms. The van der Waals surface area contributed by atoms with Gasteiger partial charge in [0.2, 0.25) is 0 Å². The molecule has 1 aliphatic rings. The SMILES string of the molecule is Cc1cccc(C[NH+]2CCN(c3ccccc3C)CC2)c1. The highest BCUT2D eigenvalue weighted by atomic mass is 15.3. The number of anilines is 1. The highest BCUT2D eigenvalue weighted by molar-refractivity contribution is 5.53. The van der Waals surface area contributed by atoms with Gasteiger partial charge in [-0.25, -0.2) is 0 Å². The number of hydrogen-bond acceptors (Lipinski definition) is 1. The number of aryl methyl sites for hydroxylation is 2. The molecule has 0 amide bonds. The molecule has 0 aromatic heterocycles. The zero-order valence-electron chi connectivity index (χ0n) is 13.1. The Morgan fingerprint density at radius 3 is 2.43 bits per heavy atom. The van der Waals surface area contributed by atoms with Crippen LogP contribution in [0.2, 0.25) is 0 Å². The highest BCUT2D eigenvalue weighted by Crippen LogP contribution is 2.18. The molecule has 0 radical (unpaired) electrons. The van der Waals surface area contributed by atoms with Gasteiger partial charge in [0.1, 0.15) is 6.54 Å². The van der Waals surface area contributed by atoms with Crippen molar-refractivity contribution < 1.29 is 4.90 Å². The van der Waals surface area contributed by atoms with Crippen molar-refractivity contribution in [2.24, 2.45) is 0 Å². The molecule has 0 aliphatic carbocycles. The lowest BCUT2D eigenvalue weighted by Gasteiger charge is -2.34. The number of rotatable bonds is 3. The van der Waals surface area contributed by atoms with Crippen LogP contribution in [0.15, 0.2) is 48.5 Å². The second kappa shape index (κ2) is 6.31. The van der Waals surface area contributed by atoms with E-state index < -0.39 is 0 Å². The summed E-state index contributed by atoms with van der Waals surface area (Å²) in [7, 11) is 0. The van der Waals surface area contributed by atoms with E-state index >= 15 is 0 Å². The van der Waals surface area contributed by atoms with E-state index in [9.17, 15) is 0 Å². The van der Waals surface area contributed by atoms with Gasteiger partial charge in [-0.2, -0.15) is 0 Å². The predicted octanol–water partition coefficient (Wildman–Crippen LogP) is 2.21. The normalized spacial score (nSPS) is 16.2. The minimum absolute atomic E-state index is 1.16. The number of benzene rings is 2. The van der Waals surface area contributed by atoms with Gasteiger partial charge >= 0.3 is 0 Å². The summed E-state index contributed by atoms with van der Waals surface area (Å²) in [5.41, 5.74) is 5.63. The van der Waals surface area contributed by atoms with Gasteiger partial charge in [0, 0.05) is 11.3 Å². The molecule has 1 saturated heterocycles. The zero-order valence-corrected chi connectivity index (χ0v) is 13.1. The highest BCUT2D eigenvalue weighted by Gasteiger charge is 2.21. The van der Waals surface area contributed by atoms with Gasteiger partial charge in [0.05, 0.1) is 26.2 Å². The molecule has 0 atom stereocenters. The van der Waals surface area contributed by atoms with Crippen LogP contribution < -0.4 is 9.80 Å². The quantitative estimate of drug-likeness (QED) is 0.906. The number of para-hydroxylation sites is 1. The molecule has 0 spiro atoms. The van der Waals surface area contributed by atoms with Crippen molar-refractivity contribution in [2.45, 2.75) is 20.4 Å². The van der Waals surface area contributed by atoms with Gasteiger partial charge in [-0.15, -0.1) is 0 Å². The molecule has 21 heavy (non-hydrogen) atoms. The first kappa shape index (κ1) is 14.2. The van der Waals surface area contributed by atoms with Crippen LogP contribution in [0, 0.1) is 13.8 Å². The molecule has 2 aromatic rings. The second-order valence-electron chi connectivity index (χ2n) is 6.19. The molecule has 0 unspecified atom stereocenters. The van der Waals surface area contributed by atoms with E-state index in [0.717, 1.165) is 19.6 Å². The fourth-order valence-electron chi connectivity index (χ4n) is 3.27. The average Bonchev–Trinajstić information content (AvgIpc) is 2.49. The smallest absolute Gasteiger partial charge is 0.103 e. The summed E-state index contributed by atoms with van der Waals surface area (Å²) >= 11 is 0. The molecule has 2 nitrogen and oxygen atoms in total. The Morgan fingerprint density at radius 2 is 1.71 bits per heavy atom. The van der Waals surface area contributed by atoms with Crippen molar-refractivity contribution in [1.29, 1.82) is 0 Å². The standard InChI is InChI=1S/C19H24N2/c1-16-6-5-8-18(14-16)15-20-10-12-21(13-11-20)19-9-4-3-7-17(19)2/h3-9,14H,10-13,15H2,1-2H3/p+1. The molecule has 110 valence electrons. The van der Waals surface area contributed by atoms with Crippen LogP contribution in [0.25, 0.3) is 0 Å². The maximum absolute atomic E-state index is 2.54. The Kier molecular flexibility index (Phi) is 4.26. The lowest BCUT2D eigenvalue weighted by atomic mass is 10.1. The molecule has 1 N–H and O–H groups in total. The van der Waals surface area contributed by atoms with Crippen molar-refractivity contribution >= 4 is 5.69 Å². The Bertz CT molecular complexity index is 598. The summed E-state index contributed by atoms with van der Waals surface area (Å²) in [5.74, 6) is 0. The number of hydrogen-bond donors (Lipinski definition) is 1. The van der Waals surface area contributed by atoms with Gasteiger partial charge in [-0.3, -0.25) is 0 Å². The Hall–Kier alpha value is -1.80. The van der Waals surface area contributed by atoms with E-state index in [1.165, 1.54) is 35.5 Å². The minimum atomic E-state index is 1.16. The summed E-state index contributed by atoms with van der Waals surface area (Å²) in [4.78, 5) is 4.24. The summed E-state index contributed by atoms with van der Waals surface area (Å²) in [6.07, 6.45) is 0. The van der Waals surface area contributed by atoms with Crippen LogP contribution >= 0.6 is 0 Å². The van der Waals surface area contributed by atoms with Gasteiger partial charge in [-0.1, -0.05) is 48.0 Å². The number of nitrogens with one attached hydrogen (secondary N) is 1. The third kappa shape index (κ3) is 3.45. The maximum Gasteiger partial charge on any atom is 0.103 e. The molecular weight excluding hydrogens is 256 g/mol. The minimum Gasteiger partial charge on any atom is -0.360 e. The molecule has 0 bridgehead atoms. The first-order chi connectivity index (χ1) is 10.2. The third-order valence-electron chi connectivity index (χ3n) is 4.46. The van der Waals surface area contributed by atoms with Crippen molar-refractivity contribution in [1.82, 2.24) is 0 Å². The largest absolute Gasteiger partial charge is 0.360 e. The van der Waals surface area contributed by atoms with Gasteiger partial charge in [0.25, 0.3) is 0 Å². The Morgan fingerprint density at radius 1 is 0.952 bits per heavy atom.